The first-order valence-electron chi connectivity index (χ1n) is 9.22. The van der Waals surface area contributed by atoms with Crippen LogP contribution in [0.5, 0.6) is 0 Å². The Balaban J connectivity index is 1.49. The van der Waals surface area contributed by atoms with Crippen molar-refractivity contribution >= 4 is 11.6 Å². The van der Waals surface area contributed by atoms with Gasteiger partial charge in [-0.05, 0) is 49.3 Å². The number of anilines is 1. The van der Waals surface area contributed by atoms with Crippen molar-refractivity contribution in [2.75, 3.05) is 38.0 Å². The van der Waals surface area contributed by atoms with Crippen LogP contribution < -0.4 is 5.32 Å². The first-order valence-corrected chi connectivity index (χ1v) is 9.22. The third-order valence-electron chi connectivity index (χ3n) is 4.74. The maximum absolute atomic E-state index is 13.7. The topological polar surface area (TPSA) is 59.4 Å². The average molecular weight is 384 g/mol. The van der Waals surface area contributed by atoms with E-state index in [2.05, 4.69) is 16.3 Å². The largest absolute Gasteiger partial charge is 0.322 e. The summed E-state index contributed by atoms with van der Waals surface area (Å²) in [5, 5.41) is 11.3. The Morgan fingerprint density at radius 1 is 1.04 bits per heavy atom. The molecule has 146 valence electrons. The molecule has 28 heavy (non-hydrogen) atoms. The van der Waals surface area contributed by atoms with Gasteiger partial charge >= 0.3 is 0 Å². The van der Waals surface area contributed by atoms with E-state index in [4.69, 9.17) is 5.26 Å². The van der Waals surface area contributed by atoms with Crippen molar-refractivity contribution in [1.29, 1.82) is 5.26 Å². The molecule has 1 saturated heterocycles. The lowest BCUT2D eigenvalue weighted by molar-refractivity contribution is -0.117. The summed E-state index contributed by atoms with van der Waals surface area (Å²) >= 11 is 0. The Morgan fingerprint density at radius 2 is 1.75 bits per heavy atom. The van der Waals surface area contributed by atoms with Crippen molar-refractivity contribution in [3.63, 3.8) is 0 Å². The molecular formula is C21H22F2N4O. The fourth-order valence-electron chi connectivity index (χ4n) is 3.27. The summed E-state index contributed by atoms with van der Waals surface area (Å²) in [7, 11) is 0. The van der Waals surface area contributed by atoms with Crippen LogP contribution in [0.1, 0.15) is 17.5 Å². The van der Waals surface area contributed by atoms with Gasteiger partial charge in [0.15, 0.2) is 0 Å². The molecule has 0 saturated carbocycles. The zero-order valence-corrected chi connectivity index (χ0v) is 15.5. The van der Waals surface area contributed by atoms with Crippen molar-refractivity contribution in [2.45, 2.75) is 13.0 Å². The van der Waals surface area contributed by atoms with Gasteiger partial charge in [-0.1, -0.05) is 12.1 Å². The van der Waals surface area contributed by atoms with Gasteiger partial charge in [-0.3, -0.25) is 14.6 Å². The summed E-state index contributed by atoms with van der Waals surface area (Å²) in [4.78, 5) is 16.5. The second-order valence-corrected chi connectivity index (χ2v) is 6.89. The summed E-state index contributed by atoms with van der Waals surface area (Å²) in [6.45, 7) is 4.14. The highest BCUT2D eigenvalue weighted by Gasteiger charge is 2.18. The molecular weight excluding hydrogens is 362 g/mol. The quantitative estimate of drug-likeness (QED) is 0.861. The van der Waals surface area contributed by atoms with Gasteiger partial charge in [-0.2, -0.15) is 5.26 Å². The van der Waals surface area contributed by atoms with E-state index >= 15 is 0 Å². The molecule has 2 aromatic rings. The number of nitriles is 1. The van der Waals surface area contributed by atoms with E-state index < -0.39 is 11.6 Å². The van der Waals surface area contributed by atoms with E-state index in [1.165, 1.54) is 0 Å². The van der Waals surface area contributed by atoms with Crippen LogP contribution in [-0.4, -0.2) is 48.4 Å². The first kappa shape index (κ1) is 19.9. The number of carbonyl (C=O) groups excluding carboxylic acids is 1. The molecule has 0 bridgehead atoms. The van der Waals surface area contributed by atoms with Crippen LogP contribution in [0.3, 0.4) is 0 Å². The summed E-state index contributed by atoms with van der Waals surface area (Å²) in [6.07, 6.45) is 0.915. The highest BCUT2D eigenvalue weighted by atomic mass is 19.1. The van der Waals surface area contributed by atoms with E-state index in [1.807, 2.05) is 29.2 Å². The average Bonchev–Trinajstić information content (AvgIpc) is 2.90. The summed E-state index contributed by atoms with van der Waals surface area (Å²) < 4.78 is 26.9. The lowest BCUT2D eigenvalue weighted by Gasteiger charge is -2.21. The van der Waals surface area contributed by atoms with E-state index in [0.29, 0.717) is 5.56 Å². The minimum Gasteiger partial charge on any atom is -0.322 e. The highest BCUT2D eigenvalue weighted by molar-refractivity contribution is 5.92. The number of rotatable bonds is 5. The number of halogens is 2. The Labute approximate surface area is 163 Å². The number of carbonyl (C=O) groups is 1. The van der Waals surface area contributed by atoms with Crippen molar-refractivity contribution < 1.29 is 13.6 Å². The van der Waals surface area contributed by atoms with Crippen LogP contribution in [0.25, 0.3) is 0 Å². The molecule has 3 rings (SSSR count). The molecule has 2 aromatic carbocycles. The number of amides is 1. The molecule has 5 nitrogen and oxygen atoms in total. The first-order chi connectivity index (χ1) is 13.5. The molecule has 1 aliphatic rings. The SMILES string of the molecule is N#Cc1ccc(CN2CCCN(CC(=O)Nc3cc(F)ccc3F)CC2)cc1. The Hall–Kier alpha value is -2.82. The van der Waals surface area contributed by atoms with Gasteiger partial charge in [0.05, 0.1) is 23.9 Å². The van der Waals surface area contributed by atoms with Gasteiger partial charge in [-0.15, -0.1) is 0 Å². The second-order valence-electron chi connectivity index (χ2n) is 6.89. The number of nitrogens with one attached hydrogen (secondary N) is 1. The molecule has 1 fully saturated rings. The summed E-state index contributed by atoms with van der Waals surface area (Å²) in [6, 6.07) is 12.7. The van der Waals surface area contributed by atoms with Gasteiger partial charge in [0, 0.05) is 25.7 Å². The van der Waals surface area contributed by atoms with Crippen molar-refractivity contribution in [3.05, 3.63) is 65.2 Å². The van der Waals surface area contributed by atoms with Crippen molar-refractivity contribution in [2.24, 2.45) is 0 Å². The van der Waals surface area contributed by atoms with Crippen molar-refractivity contribution in [3.8, 4) is 6.07 Å². The zero-order valence-electron chi connectivity index (χ0n) is 15.5. The van der Waals surface area contributed by atoms with Crippen LogP contribution in [0.2, 0.25) is 0 Å². The van der Waals surface area contributed by atoms with E-state index in [0.717, 1.165) is 62.9 Å². The lowest BCUT2D eigenvalue weighted by Crippen LogP contribution is -2.36. The second kappa shape index (κ2) is 9.40. The third-order valence-corrected chi connectivity index (χ3v) is 4.74. The molecule has 7 heteroatoms. The molecule has 1 N–H and O–H groups in total. The number of hydrogen-bond donors (Lipinski definition) is 1. The standard InChI is InChI=1S/C21H22F2N4O/c22-18-6-7-19(23)20(12-18)25-21(28)15-27-9-1-8-26(10-11-27)14-17-4-2-16(13-24)3-5-17/h2-7,12H,1,8-11,14-15H2,(H,25,28). The Morgan fingerprint density at radius 3 is 2.50 bits per heavy atom. The maximum Gasteiger partial charge on any atom is 0.238 e. The fraction of sp³-hybridized carbons (Fsp3) is 0.333. The van der Waals surface area contributed by atoms with Gasteiger partial charge in [0.25, 0.3) is 0 Å². The molecule has 1 amide bonds. The monoisotopic (exact) mass is 384 g/mol. The van der Waals surface area contributed by atoms with E-state index in [1.54, 1.807) is 0 Å². The Kier molecular flexibility index (Phi) is 6.69. The van der Waals surface area contributed by atoms with Crippen LogP contribution in [0, 0.1) is 23.0 Å². The predicted molar refractivity (Wildman–Crippen MR) is 102 cm³/mol. The van der Waals surface area contributed by atoms with Crippen LogP contribution in [0.4, 0.5) is 14.5 Å². The third kappa shape index (κ3) is 5.59. The number of benzene rings is 2. The minimum absolute atomic E-state index is 0.137. The molecule has 0 aromatic heterocycles. The molecule has 0 atom stereocenters. The molecule has 1 aliphatic heterocycles. The Bertz CT molecular complexity index is 864. The lowest BCUT2D eigenvalue weighted by atomic mass is 10.1. The molecule has 0 unspecified atom stereocenters. The number of nitrogens with zero attached hydrogens (tertiary/aromatic N) is 3. The molecule has 0 spiro atoms. The zero-order chi connectivity index (χ0) is 19.9. The highest BCUT2D eigenvalue weighted by Crippen LogP contribution is 2.15. The van der Waals surface area contributed by atoms with Crippen LogP contribution >= 0.6 is 0 Å². The number of hydrogen-bond acceptors (Lipinski definition) is 4. The normalized spacial score (nSPS) is 15.6. The van der Waals surface area contributed by atoms with Crippen LogP contribution in [0.15, 0.2) is 42.5 Å². The van der Waals surface area contributed by atoms with E-state index in [9.17, 15) is 13.6 Å². The minimum atomic E-state index is -0.654. The van der Waals surface area contributed by atoms with Gasteiger partial charge < -0.3 is 5.32 Å². The molecule has 0 aliphatic carbocycles. The van der Waals surface area contributed by atoms with Crippen LogP contribution in [-0.2, 0) is 11.3 Å². The molecule has 0 radical (unpaired) electrons. The van der Waals surface area contributed by atoms with E-state index in [-0.39, 0.29) is 18.1 Å². The van der Waals surface area contributed by atoms with Gasteiger partial charge in [-0.25, -0.2) is 8.78 Å². The maximum atomic E-state index is 13.7. The fourth-order valence-corrected chi connectivity index (χ4v) is 3.27. The predicted octanol–water partition coefficient (Wildman–Crippen LogP) is 2.98. The van der Waals surface area contributed by atoms with Gasteiger partial charge in [0.2, 0.25) is 5.91 Å². The van der Waals surface area contributed by atoms with Crippen molar-refractivity contribution in [1.82, 2.24) is 9.80 Å². The smallest absolute Gasteiger partial charge is 0.238 e. The summed E-state index contributed by atoms with van der Waals surface area (Å²) in [5.41, 5.74) is 1.65. The molecule has 1 heterocycles. The van der Waals surface area contributed by atoms with Gasteiger partial charge in [0.1, 0.15) is 11.6 Å². The summed E-state index contributed by atoms with van der Waals surface area (Å²) in [5.74, 6) is -1.60.